The van der Waals surface area contributed by atoms with E-state index in [4.69, 9.17) is 0 Å². The summed E-state index contributed by atoms with van der Waals surface area (Å²) in [5.41, 5.74) is 3.55. The van der Waals surface area contributed by atoms with E-state index in [1.165, 1.54) is 11.1 Å². The molecule has 0 atom stereocenters. The lowest BCUT2D eigenvalue weighted by molar-refractivity contribution is 0.427. The highest BCUT2D eigenvalue weighted by atomic mass is 15.3. The second kappa shape index (κ2) is 5.17. The molecule has 0 spiro atoms. The van der Waals surface area contributed by atoms with Gasteiger partial charge in [0.2, 0.25) is 0 Å². The van der Waals surface area contributed by atoms with Gasteiger partial charge in [0.1, 0.15) is 5.69 Å². The van der Waals surface area contributed by atoms with Crippen molar-refractivity contribution >= 4 is 11.6 Å². The number of hydrogen-bond acceptors (Lipinski definition) is 2. The molecule has 1 heterocycles. The van der Waals surface area contributed by atoms with Crippen molar-refractivity contribution < 1.29 is 0 Å². The Morgan fingerprint density at radius 2 is 1.94 bits per heavy atom. The highest BCUT2D eigenvalue weighted by Crippen LogP contribution is 2.30. The van der Waals surface area contributed by atoms with Gasteiger partial charge in [-0.25, -0.2) is 0 Å². The van der Waals surface area contributed by atoms with Crippen molar-refractivity contribution in [2.24, 2.45) is 5.41 Å². The van der Waals surface area contributed by atoms with Crippen LogP contribution in [0, 0.1) is 5.41 Å². The molecule has 0 aliphatic rings. The van der Waals surface area contributed by atoms with Gasteiger partial charge < -0.3 is 0 Å². The summed E-state index contributed by atoms with van der Waals surface area (Å²) in [4.78, 5) is 0. The molecule has 0 bridgehead atoms. The van der Waals surface area contributed by atoms with Crippen LogP contribution >= 0.6 is 0 Å². The molecule has 0 saturated heterocycles. The second-order valence-electron chi connectivity index (χ2n) is 5.67. The van der Waals surface area contributed by atoms with Gasteiger partial charge in [-0.05, 0) is 29.0 Å². The zero-order valence-corrected chi connectivity index (χ0v) is 11.1. The molecule has 3 heteroatoms. The van der Waals surface area contributed by atoms with Crippen LogP contribution in [-0.4, -0.2) is 15.4 Å². The quantitative estimate of drug-likeness (QED) is 0.888. The number of nitrogens with one attached hydrogen (secondary N) is 1. The number of hydrogen-bond donors (Lipinski definition) is 1. The molecule has 0 saturated carbocycles. The SMILES string of the molecule is CC(C)(C)CC(=Cc1ccccc1)c1cn[nH]n1. The van der Waals surface area contributed by atoms with Crippen LogP contribution in [0.1, 0.15) is 38.4 Å². The monoisotopic (exact) mass is 241 g/mol. The molecule has 1 aromatic carbocycles. The molecule has 1 N–H and O–H groups in total. The van der Waals surface area contributed by atoms with Crippen molar-refractivity contribution in [1.29, 1.82) is 0 Å². The molecule has 2 rings (SSSR count). The summed E-state index contributed by atoms with van der Waals surface area (Å²) in [6.07, 6.45) is 4.93. The Hall–Kier alpha value is -1.90. The smallest absolute Gasteiger partial charge is 0.108 e. The van der Waals surface area contributed by atoms with Gasteiger partial charge in [0.05, 0.1) is 6.20 Å². The Kier molecular flexibility index (Phi) is 3.60. The zero-order chi connectivity index (χ0) is 13.0. The Bertz CT molecular complexity index is 504. The van der Waals surface area contributed by atoms with Gasteiger partial charge in [-0.3, -0.25) is 0 Å². The van der Waals surface area contributed by atoms with Gasteiger partial charge in [-0.2, -0.15) is 15.4 Å². The fourth-order valence-corrected chi connectivity index (χ4v) is 1.89. The summed E-state index contributed by atoms with van der Waals surface area (Å²) < 4.78 is 0. The van der Waals surface area contributed by atoms with Crippen LogP contribution in [0.4, 0.5) is 0 Å². The van der Waals surface area contributed by atoms with Gasteiger partial charge in [0.15, 0.2) is 0 Å². The van der Waals surface area contributed by atoms with Crippen molar-refractivity contribution in [2.45, 2.75) is 27.2 Å². The summed E-state index contributed by atoms with van der Waals surface area (Å²) in [6.45, 7) is 6.68. The van der Waals surface area contributed by atoms with Crippen molar-refractivity contribution in [3.63, 3.8) is 0 Å². The molecule has 18 heavy (non-hydrogen) atoms. The van der Waals surface area contributed by atoms with Crippen molar-refractivity contribution in [3.05, 3.63) is 47.8 Å². The molecule has 0 amide bonds. The summed E-state index contributed by atoms with van der Waals surface area (Å²) >= 11 is 0. The molecular weight excluding hydrogens is 222 g/mol. The molecule has 1 aromatic heterocycles. The first-order valence-corrected chi connectivity index (χ1v) is 6.16. The molecular formula is C15H19N3. The molecule has 94 valence electrons. The molecule has 0 radical (unpaired) electrons. The average Bonchev–Trinajstić information content (AvgIpc) is 2.81. The van der Waals surface area contributed by atoms with Crippen molar-refractivity contribution in [1.82, 2.24) is 15.4 Å². The third-order valence-corrected chi connectivity index (χ3v) is 2.61. The summed E-state index contributed by atoms with van der Waals surface area (Å²) in [6, 6.07) is 10.3. The maximum atomic E-state index is 4.19. The number of nitrogens with zero attached hydrogens (tertiary/aromatic N) is 2. The molecule has 0 aliphatic heterocycles. The molecule has 0 aliphatic carbocycles. The predicted molar refractivity (Wildman–Crippen MR) is 74.8 cm³/mol. The van der Waals surface area contributed by atoms with Gasteiger partial charge >= 0.3 is 0 Å². The Balaban J connectivity index is 2.34. The summed E-state index contributed by atoms with van der Waals surface area (Å²) in [5, 5.41) is 10.8. The van der Waals surface area contributed by atoms with Crippen molar-refractivity contribution in [3.8, 4) is 0 Å². The maximum Gasteiger partial charge on any atom is 0.108 e. The van der Waals surface area contributed by atoms with E-state index in [1.807, 2.05) is 18.2 Å². The van der Waals surface area contributed by atoms with E-state index in [0.29, 0.717) is 0 Å². The lowest BCUT2D eigenvalue weighted by Crippen LogP contribution is -2.06. The maximum absolute atomic E-state index is 4.19. The molecule has 0 unspecified atom stereocenters. The van der Waals surface area contributed by atoms with E-state index in [0.717, 1.165) is 12.1 Å². The lowest BCUT2D eigenvalue weighted by atomic mass is 9.86. The van der Waals surface area contributed by atoms with E-state index >= 15 is 0 Å². The van der Waals surface area contributed by atoms with Gasteiger partial charge in [-0.1, -0.05) is 51.1 Å². The number of aromatic amines is 1. The van der Waals surface area contributed by atoms with Crippen LogP contribution in [0.25, 0.3) is 11.6 Å². The lowest BCUT2D eigenvalue weighted by Gasteiger charge is -2.19. The van der Waals surface area contributed by atoms with Crippen LogP contribution < -0.4 is 0 Å². The number of benzene rings is 1. The molecule has 2 aromatic rings. The number of aromatic nitrogens is 3. The average molecular weight is 241 g/mol. The Morgan fingerprint density at radius 1 is 1.22 bits per heavy atom. The highest BCUT2D eigenvalue weighted by Gasteiger charge is 2.16. The number of H-pyrrole nitrogens is 1. The fourth-order valence-electron chi connectivity index (χ4n) is 1.89. The first-order chi connectivity index (χ1) is 8.54. The van der Waals surface area contributed by atoms with E-state index < -0.39 is 0 Å². The normalized spacial score (nSPS) is 12.7. The van der Waals surface area contributed by atoms with Crippen LogP contribution in [0.2, 0.25) is 0 Å². The summed E-state index contributed by atoms with van der Waals surface area (Å²) in [5.74, 6) is 0. The first-order valence-electron chi connectivity index (χ1n) is 6.16. The fraction of sp³-hybridized carbons (Fsp3) is 0.333. The second-order valence-corrected chi connectivity index (χ2v) is 5.67. The van der Waals surface area contributed by atoms with Gasteiger partial charge in [0, 0.05) is 0 Å². The number of allylic oxidation sites excluding steroid dienone is 1. The van der Waals surface area contributed by atoms with E-state index in [2.05, 4.69) is 54.4 Å². The minimum absolute atomic E-state index is 0.222. The van der Waals surface area contributed by atoms with E-state index in [1.54, 1.807) is 6.20 Å². The third-order valence-electron chi connectivity index (χ3n) is 2.61. The van der Waals surface area contributed by atoms with Gasteiger partial charge in [-0.15, -0.1) is 0 Å². The largest absolute Gasteiger partial charge is 0.197 e. The van der Waals surface area contributed by atoms with Crippen LogP contribution in [-0.2, 0) is 0 Å². The van der Waals surface area contributed by atoms with Crippen LogP contribution in [0.3, 0.4) is 0 Å². The topological polar surface area (TPSA) is 41.6 Å². The predicted octanol–water partition coefficient (Wildman–Crippen LogP) is 3.78. The molecule has 3 nitrogen and oxygen atoms in total. The first kappa shape index (κ1) is 12.6. The Labute approximate surface area is 108 Å². The zero-order valence-electron chi connectivity index (χ0n) is 11.1. The minimum atomic E-state index is 0.222. The van der Waals surface area contributed by atoms with E-state index in [-0.39, 0.29) is 5.41 Å². The summed E-state index contributed by atoms with van der Waals surface area (Å²) in [7, 11) is 0. The van der Waals surface area contributed by atoms with Crippen molar-refractivity contribution in [2.75, 3.05) is 0 Å². The van der Waals surface area contributed by atoms with Crippen LogP contribution in [0.15, 0.2) is 36.5 Å². The highest BCUT2D eigenvalue weighted by molar-refractivity contribution is 5.79. The van der Waals surface area contributed by atoms with Crippen LogP contribution in [0.5, 0.6) is 0 Å². The van der Waals surface area contributed by atoms with E-state index in [9.17, 15) is 0 Å². The third kappa shape index (κ3) is 3.55. The van der Waals surface area contributed by atoms with Gasteiger partial charge in [0.25, 0.3) is 0 Å². The number of rotatable bonds is 3. The Morgan fingerprint density at radius 3 is 2.50 bits per heavy atom. The minimum Gasteiger partial charge on any atom is -0.197 e. The molecule has 0 fully saturated rings. The standard InChI is InChI=1S/C15H19N3/c1-15(2,3)10-13(14-11-16-18-17-14)9-12-7-5-4-6-8-12/h4-9,11H,10H2,1-3H3,(H,16,17,18).